The number of rotatable bonds is 8. The molecule has 8 nitrogen and oxygen atoms in total. The van der Waals surface area contributed by atoms with Crippen molar-refractivity contribution < 1.29 is 27.5 Å². The Bertz CT molecular complexity index is 602. The Morgan fingerprint density at radius 2 is 1.77 bits per heavy atom. The van der Waals surface area contributed by atoms with Gasteiger partial charge in [-0.1, -0.05) is 30.3 Å². The number of nitrogens with one attached hydrogen (secondary N) is 2. The molecule has 1 aromatic carbocycles. The van der Waals surface area contributed by atoms with E-state index in [-0.39, 0.29) is 6.42 Å². The van der Waals surface area contributed by atoms with E-state index < -0.39 is 34.7 Å². The Morgan fingerprint density at radius 3 is 2.32 bits per heavy atom. The van der Waals surface area contributed by atoms with Crippen LogP contribution in [-0.2, 0) is 35.7 Å². The van der Waals surface area contributed by atoms with E-state index in [4.69, 9.17) is 0 Å². The lowest BCUT2D eigenvalue weighted by molar-refractivity contribution is -0.142. The van der Waals surface area contributed by atoms with Crippen molar-refractivity contribution in [2.45, 2.75) is 12.5 Å². The SMILES string of the molecule is COC(=O)CNS(=O)(=O)NC(Cc1ccccc1)C(=O)OC. The first kappa shape index (κ1) is 18.1. The smallest absolute Gasteiger partial charge is 0.324 e. The highest BCUT2D eigenvalue weighted by Gasteiger charge is 2.25. The van der Waals surface area contributed by atoms with E-state index in [1.54, 1.807) is 30.3 Å². The first-order chi connectivity index (χ1) is 10.4. The number of methoxy groups -OCH3 is 2. The molecule has 0 aromatic heterocycles. The fraction of sp³-hybridized carbons (Fsp3) is 0.385. The van der Waals surface area contributed by atoms with E-state index in [0.29, 0.717) is 0 Å². The van der Waals surface area contributed by atoms with Crippen molar-refractivity contribution in [3.63, 3.8) is 0 Å². The molecule has 0 aliphatic heterocycles. The fourth-order valence-corrected chi connectivity index (χ4v) is 2.57. The normalized spacial score (nSPS) is 12.5. The van der Waals surface area contributed by atoms with Crippen molar-refractivity contribution in [3.8, 4) is 0 Å². The molecule has 9 heteroatoms. The average Bonchev–Trinajstić information content (AvgIpc) is 2.52. The molecule has 0 saturated heterocycles. The summed E-state index contributed by atoms with van der Waals surface area (Å²) in [5, 5.41) is 0. The van der Waals surface area contributed by atoms with Crippen LogP contribution in [0.1, 0.15) is 5.56 Å². The zero-order chi connectivity index (χ0) is 16.6. The van der Waals surface area contributed by atoms with Crippen LogP contribution in [0, 0.1) is 0 Å². The number of hydrogen-bond acceptors (Lipinski definition) is 6. The van der Waals surface area contributed by atoms with Gasteiger partial charge in [-0.05, 0) is 12.0 Å². The monoisotopic (exact) mass is 330 g/mol. The van der Waals surface area contributed by atoms with Gasteiger partial charge in [0.05, 0.1) is 14.2 Å². The minimum atomic E-state index is -4.06. The first-order valence-corrected chi connectivity index (χ1v) is 7.81. The van der Waals surface area contributed by atoms with Crippen molar-refractivity contribution in [1.29, 1.82) is 0 Å². The number of carbonyl (C=O) groups is 2. The summed E-state index contributed by atoms with van der Waals surface area (Å²) in [6, 6.07) is 7.75. The van der Waals surface area contributed by atoms with Crippen molar-refractivity contribution in [1.82, 2.24) is 9.44 Å². The van der Waals surface area contributed by atoms with E-state index in [1.165, 1.54) is 0 Å². The molecule has 0 heterocycles. The van der Waals surface area contributed by atoms with Gasteiger partial charge in [-0.15, -0.1) is 0 Å². The molecule has 0 aliphatic rings. The molecular formula is C13H18N2O6S. The zero-order valence-corrected chi connectivity index (χ0v) is 13.1. The summed E-state index contributed by atoms with van der Waals surface area (Å²) in [6.45, 7) is -0.537. The van der Waals surface area contributed by atoms with E-state index in [9.17, 15) is 18.0 Å². The van der Waals surface area contributed by atoms with Gasteiger partial charge in [0, 0.05) is 0 Å². The molecule has 0 radical (unpaired) electrons. The summed E-state index contributed by atoms with van der Waals surface area (Å²) in [4.78, 5) is 22.7. The standard InChI is InChI=1S/C13H18N2O6S/c1-20-12(16)9-14-22(18,19)15-11(13(17)21-2)8-10-6-4-3-5-7-10/h3-7,11,14-15H,8-9H2,1-2H3. The maximum absolute atomic E-state index is 11.8. The third-order valence-electron chi connectivity index (χ3n) is 2.70. The molecule has 0 bridgehead atoms. The molecule has 0 fully saturated rings. The highest BCUT2D eigenvalue weighted by molar-refractivity contribution is 7.87. The van der Waals surface area contributed by atoms with Crippen molar-refractivity contribution in [3.05, 3.63) is 35.9 Å². The highest BCUT2D eigenvalue weighted by Crippen LogP contribution is 2.05. The number of hydrogen-bond donors (Lipinski definition) is 2. The average molecular weight is 330 g/mol. The minimum absolute atomic E-state index is 0.118. The Labute approximate surface area is 129 Å². The van der Waals surface area contributed by atoms with Crippen LogP contribution in [0.15, 0.2) is 30.3 Å². The number of ether oxygens (including phenoxy) is 2. The maximum Gasteiger partial charge on any atom is 0.324 e. The van der Waals surface area contributed by atoms with Crippen molar-refractivity contribution in [2.75, 3.05) is 20.8 Å². The van der Waals surface area contributed by atoms with Gasteiger partial charge in [0.25, 0.3) is 10.2 Å². The van der Waals surface area contributed by atoms with Crippen LogP contribution in [0.25, 0.3) is 0 Å². The third-order valence-corrected chi connectivity index (χ3v) is 3.82. The molecule has 1 rings (SSSR count). The van der Waals surface area contributed by atoms with Gasteiger partial charge in [-0.2, -0.15) is 17.9 Å². The van der Waals surface area contributed by atoms with Gasteiger partial charge in [0.2, 0.25) is 0 Å². The van der Waals surface area contributed by atoms with Gasteiger partial charge in [-0.3, -0.25) is 9.59 Å². The quantitative estimate of drug-likeness (QED) is 0.614. The van der Waals surface area contributed by atoms with Crippen molar-refractivity contribution in [2.24, 2.45) is 0 Å². The zero-order valence-electron chi connectivity index (χ0n) is 12.2. The van der Waals surface area contributed by atoms with Crippen LogP contribution in [0.5, 0.6) is 0 Å². The summed E-state index contributed by atoms with van der Waals surface area (Å²) in [5.41, 5.74) is 0.758. The van der Waals surface area contributed by atoms with Gasteiger partial charge in [0.1, 0.15) is 12.6 Å². The Hall–Kier alpha value is -1.97. The van der Waals surface area contributed by atoms with Crippen LogP contribution >= 0.6 is 0 Å². The van der Waals surface area contributed by atoms with Crippen LogP contribution in [0.3, 0.4) is 0 Å². The van der Waals surface area contributed by atoms with E-state index in [0.717, 1.165) is 19.8 Å². The Morgan fingerprint density at radius 1 is 1.14 bits per heavy atom. The summed E-state index contributed by atoms with van der Waals surface area (Å²) in [6.07, 6.45) is 0.118. The van der Waals surface area contributed by atoms with Gasteiger partial charge in [0.15, 0.2) is 0 Å². The second kappa shape index (κ2) is 8.47. The van der Waals surface area contributed by atoms with Crippen LogP contribution in [0.4, 0.5) is 0 Å². The molecule has 1 unspecified atom stereocenters. The molecule has 0 aliphatic carbocycles. The van der Waals surface area contributed by atoms with Crippen LogP contribution in [-0.4, -0.2) is 47.2 Å². The molecular weight excluding hydrogens is 312 g/mol. The van der Waals surface area contributed by atoms with E-state index >= 15 is 0 Å². The molecule has 0 amide bonds. The lowest BCUT2D eigenvalue weighted by Gasteiger charge is -2.16. The van der Waals surface area contributed by atoms with E-state index in [1.807, 2.05) is 4.72 Å². The molecule has 2 N–H and O–H groups in total. The second-order valence-corrected chi connectivity index (χ2v) is 5.82. The van der Waals surface area contributed by atoms with E-state index in [2.05, 4.69) is 14.2 Å². The molecule has 122 valence electrons. The largest absolute Gasteiger partial charge is 0.468 e. The predicted octanol–water partition coefficient (Wildman–Crippen LogP) is -0.632. The fourth-order valence-electron chi connectivity index (χ4n) is 1.62. The topological polar surface area (TPSA) is 111 Å². The van der Waals surface area contributed by atoms with Gasteiger partial charge < -0.3 is 9.47 Å². The van der Waals surface area contributed by atoms with Gasteiger partial charge in [-0.25, -0.2) is 0 Å². The molecule has 1 atom stereocenters. The predicted molar refractivity (Wildman–Crippen MR) is 78.0 cm³/mol. The lowest BCUT2D eigenvalue weighted by Crippen LogP contribution is -2.49. The molecule has 22 heavy (non-hydrogen) atoms. The minimum Gasteiger partial charge on any atom is -0.468 e. The number of benzene rings is 1. The second-order valence-electron chi connectivity index (χ2n) is 4.28. The maximum atomic E-state index is 11.8. The summed E-state index contributed by atoms with van der Waals surface area (Å²) < 4.78 is 36.7. The van der Waals surface area contributed by atoms with Crippen molar-refractivity contribution >= 4 is 22.1 Å². The lowest BCUT2D eigenvalue weighted by atomic mass is 10.1. The Kier molecular flexibility index (Phi) is 6.96. The molecule has 1 aromatic rings. The number of carbonyl (C=O) groups excluding carboxylic acids is 2. The Balaban J connectivity index is 2.76. The first-order valence-electron chi connectivity index (χ1n) is 6.33. The highest BCUT2D eigenvalue weighted by atomic mass is 32.2. The van der Waals surface area contributed by atoms with Crippen LogP contribution < -0.4 is 9.44 Å². The molecule has 0 spiro atoms. The van der Waals surface area contributed by atoms with Crippen LogP contribution in [0.2, 0.25) is 0 Å². The molecule has 0 saturated carbocycles. The summed E-state index contributed by atoms with van der Waals surface area (Å²) in [7, 11) is -1.76. The third kappa shape index (κ3) is 6.20. The summed E-state index contributed by atoms with van der Waals surface area (Å²) >= 11 is 0. The van der Waals surface area contributed by atoms with Gasteiger partial charge >= 0.3 is 11.9 Å². The summed E-state index contributed by atoms with van der Waals surface area (Å²) in [5.74, 6) is -1.48. The number of esters is 2.